The summed E-state index contributed by atoms with van der Waals surface area (Å²) in [5, 5.41) is 3.34. The number of ether oxygens (including phenoxy) is 1. The first-order chi connectivity index (χ1) is 12.9. The van der Waals surface area contributed by atoms with E-state index in [9.17, 15) is 4.79 Å². The van der Waals surface area contributed by atoms with Gasteiger partial charge in [0.05, 0.1) is 6.20 Å². The van der Waals surface area contributed by atoms with Crippen LogP contribution in [-0.4, -0.2) is 10.9 Å². The Kier molecular flexibility index (Phi) is 5.77. The Morgan fingerprint density at radius 1 is 1.07 bits per heavy atom. The molecular weight excluding hydrogens is 360 g/mol. The van der Waals surface area contributed by atoms with E-state index in [1.807, 2.05) is 6.92 Å². The number of rotatable bonds is 5. The number of nitrogens with zero attached hydrogens (tertiary/aromatic N) is 1. The van der Waals surface area contributed by atoms with E-state index in [2.05, 4.69) is 42.3 Å². The van der Waals surface area contributed by atoms with Gasteiger partial charge in [-0.3, -0.25) is 4.79 Å². The highest BCUT2D eigenvalue weighted by Gasteiger charge is 2.09. The lowest BCUT2D eigenvalue weighted by molar-refractivity contribution is 0.102. The van der Waals surface area contributed by atoms with E-state index in [1.54, 1.807) is 42.6 Å². The minimum absolute atomic E-state index is 0.242. The van der Waals surface area contributed by atoms with Gasteiger partial charge in [-0.2, -0.15) is 0 Å². The Morgan fingerprint density at radius 3 is 2.44 bits per heavy atom. The highest BCUT2D eigenvalue weighted by Crippen LogP contribution is 2.28. The van der Waals surface area contributed by atoms with E-state index in [0.29, 0.717) is 28.1 Å². The summed E-state index contributed by atoms with van der Waals surface area (Å²) in [6.07, 6.45) is 1.60. The van der Waals surface area contributed by atoms with Crippen LogP contribution in [0.25, 0.3) is 0 Å². The van der Waals surface area contributed by atoms with Crippen molar-refractivity contribution in [1.82, 2.24) is 4.98 Å². The van der Waals surface area contributed by atoms with E-state index in [4.69, 9.17) is 16.3 Å². The van der Waals surface area contributed by atoms with Gasteiger partial charge in [0.15, 0.2) is 0 Å². The van der Waals surface area contributed by atoms with Gasteiger partial charge in [0.2, 0.25) is 0 Å². The van der Waals surface area contributed by atoms with Gasteiger partial charge in [-0.15, -0.1) is 0 Å². The predicted octanol–water partition coefficient (Wildman–Crippen LogP) is 6.21. The molecule has 0 saturated heterocycles. The molecule has 0 aliphatic rings. The second kappa shape index (κ2) is 8.23. The molecule has 138 valence electrons. The van der Waals surface area contributed by atoms with E-state index < -0.39 is 0 Å². The number of carbonyl (C=O) groups is 1. The molecule has 0 aliphatic heterocycles. The molecule has 27 heavy (non-hydrogen) atoms. The fourth-order valence-corrected chi connectivity index (χ4v) is 2.64. The fourth-order valence-electron chi connectivity index (χ4n) is 2.52. The van der Waals surface area contributed by atoms with Crippen LogP contribution in [0.4, 0.5) is 5.82 Å². The number of amides is 1. The number of aromatic nitrogens is 1. The molecule has 0 spiro atoms. The van der Waals surface area contributed by atoms with Crippen LogP contribution in [-0.2, 0) is 0 Å². The zero-order valence-electron chi connectivity index (χ0n) is 15.5. The van der Waals surface area contributed by atoms with Crippen LogP contribution >= 0.6 is 11.6 Å². The van der Waals surface area contributed by atoms with Crippen molar-refractivity contribution in [3.8, 4) is 11.5 Å². The minimum atomic E-state index is -0.242. The maximum atomic E-state index is 12.2. The number of benzene rings is 2. The molecule has 0 atom stereocenters. The van der Waals surface area contributed by atoms with Gasteiger partial charge >= 0.3 is 0 Å². The van der Waals surface area contributed by atoms with Crippen LogP contribution in [0.15, 0.2) is 60.8 Å². The van der Waals surface area contributed by atoms with Crippen LogP contribution < -0.4 is 10.1 Å². The predicted molar refractivity (Wildman–Crippen MR) is 109 cm³/mol. The first-order valence-corrected chi connectivity index (χ1v) is 9.11. The first kappa shape index (κ1) is 18.9. The third kappa shape index (κ3) is 4.86. The molecule has 3 aromatic rings. The van der Waals surface area contributed by atoms with Crippen molar-refractivity contribution < 1.29 is 9.53 Å². The Labute approximate surface area is 164 Å². The lowest BCUT2D eigenvalue weighted by atomic mass is 10.0. The van der Waals surface area contributed by atoms with Gasteiger partial charge in [0.1, 0.15) is 17.3 Å². The molecule has 1 amide bonds. The van der Waals surface area contributed by atoms with Crippen LogP contribution in [0.2, 0.25) is 5.02 Å². The molecule has 0 fully saturated rings. The molecule has 3 rings (SSSR count). The second-order valence-electron chi connectivity index (χ2n) is 6.62. The number of nitrogens with one attached hydrogen (secondary N) is 1. The van der Waals surface area contributed by atoms with Gasteiger partial charge in [0.25, 0.3) is 5.91 Å². The van der Waals surface area contributed by atoms with Gasteiger partial charge in [-0.25, -0.2) is 4.98 Å². The Morgan fingerprint density at radius 2 is 1.81 bits per heavy atom. The number of carbonyl (C=O) groups excluding carboxylic acids is 1. The van der Waals surface area contributed by atoms with Crippen molar-refractivity contribution in [3.63, 3.8) is 0 Å². The maximum Gasteiger partial charge on any atom is 0.256 e. The quantitative estimate of drug-likeness (QED) is 0.572. The molecule has 0 aliphatic carbocycles. The summed E-state index contributed by atoms with van der Waals surface area (Å²) in [5.74, 6) is 2.06. The van der Waals surface area contributed by atoms with Crippen LogP contribution in [0.3, 0.4) is 0 Å². The van der Waals surface area contributed by atoms with E-state index in [1.165, 1.54) is 5.56 Å². The largest absolute Gasteiger partial charge is 0.455 e. The van der Waals surface area contributed by atoms with E-state index in [0.717, 1.165) is 11.3 Å². The second-order valence-corrected chi connectivity index (χ2v) is 7.06. The molecule has 5 heteroatoms. The average Bonchev–Trinajstić information content (AvgIpc) is 2.65. The normalized spacial score (nSPS) is 10.7. The van der Waals surface area contributed by atoms with Crippen molar-refractivity contribution in [2.24, 2.45) is 0 Å². The molecular formula is C22H21ClN2O2. The van der Waals surface area contributed by atoms with Crippen molar-refractivity contribution >= 4 is 23.3 Å². The number of hydrogen-bond acceptors (Lipinski definition) is 3. The third-order valence-electron chi connectivity index (χ3n) is 4.19. The van der Waals surface area contributed by atoms with Crippen LogP contribution in [0, 0.1) is 6.92 Å². The summed E-state index contributed by atoms with van der Waals surface area (Å²) < 4.78 is 5.97. The summed E-state index contributed by atoms with van der Waals surface area (Å²) in [4.78, 5) is 16.5. The third-order valence-corrected chi connectivity index (χ3v) is 4.44. The summed E-state index contributed by atoms with van der Waals surface area (Å²) in [6, 6.07) is 16.4. The topological polar surface area (TPSA) is 51.2 Å². The van der Waals surface area contributed by atoms with Gasteiger partial charge in [0, 0.05) is 10.6 Å². The van der Waals surface area contributed by atoms with Crippen LogP contribution in [0.1, 0.15) is 41.3 Å². The molecule has 1 aromatic heterocycles. The SMILES string of the molecule is Cc1ccc(C(C)C)cc1Oc1ccc(NC(=O)c2ccc(Cl)cc2)nc1. The maximum absolute atomic E-state index is 12.2. The Balaban J connectivity index is 1.69. The molecule has 1 N–H and O–H groups in total. The zero-order chi connectivity index (χ0) is 19.4. The molecule has 0 bridgehead atoms. The fraction of sp³-hybridized carbons (Fsp3) is 0.182. The van der Waals surface area contributed by atoms with Crippen LogP contribution in [0.5, 0.6) is 11.5 Å². The van der Waals surface area contributed by atoms with Crippen molar-refractivity contribution in [1.29, 1.82) is 0 Å². The van der Waals surface area contributed by atoms with Crippen molar-refractivity contribution in [2.75, 3.05) is 5.32 Å². The monoisotopic (exact) mass is 380 g/mol. The molecule has 4 nitrogen and oxygen atoms in total. The lowest BCUT2D eigenvalue weighted by Crippen LogP contribution is -2.12. The molecule has 0 saturated carbocycles. The summed E-state index contributed by atoms with van der Waals surface area (Å²) in [7, 11) is 0. The number of halogens is 1. The lowest BCUT2D eigenvalue weighted by Gasteiger charge is -2.12. The summed E-state index contributed by atoms with van der Waals surface area (Å²) in [5.41, 5.74) is 2.79. The van der Waals surface area contributed by atoms with Gasteiger partial charge < -0.3 is 10.1 Å². The minimum Gasteiger partial charge on any atom is -0.455 e. The van der Waals surface area contributed by atoms with Crippen molar-refractivity contribution in [2.45, 2.75) is 26.7 Å². The summed E-state index contributed by atoms with van der Waals surface area (Å²) >= 11 is 5.84. The average molecular weight is 381 g/mol. The Hall–Kier alpha value is -2.85. The number of pyridine rings is 1. The standard InChI is InChI=1S/C22H21ClN2O2/c1-14(2)17-5-4-15(3)20(12-17)27-19-10-11-21(24-13-19)25-22(26)16-6-8-18(23)9-7-16/h4-14H,1-3H3,(H,24,25,26). The number of anilines is 1. The van der Waals surface area contributed by atoms with Crippen molar-refractivity contribution in [3.05, 3.63) is 82.5 Å². The zero-order valence-corrected chi connectivity index (χ0v) is 16.2. The molecule has 0 unspecified atom stereocenters. The Bertz CT molecular complexity index is 936. The van der Waals surface area contributed by atoms with E-state index >= 15 is 0 Å². The first-order valence-electron chi connectivity index (χ1n) is 8.74. The number of aryl methyl sites for hydroxylation is 1. The summed E-state index contributed by atoms with van der Waals surface area (Å²) in [6.45, 7) is 6.30. The van der Waals surface area contributed by atoms with Gasteiger partial charge in [-0.05, 0) is 66.4 Å². The van der Waals surface area contributed by atoms with Gasteiger partial charge in [-0.1, -0.05) is 37.6 Å². The van der Waals surface area contributed by atoms with E-state index in [-0.39, 0.29) is 5.91 Å². The molecule has 1 heterocycles. The highest BCUT2D eigenvalue weighted by molar-refractivity contribution is 6.30. The smallest absolute Gasteiger partial charge is 0.256 e. The number of hydrogen-bond donors (Lipinski definition) is 1. The molecule has 0 radical (unpaired) electrons. The highest BCUT2D eigenvalue weighted by atomic mass is 35.5. The molecule has 2 aromatic carbocycles.